The van der Waals surface area contributed by atoms with Gasteiger partial charge >= 0.3 is 0 Å². The second kappa shape index (κ2) is 11.9. The Morgan fingerprint density at radius 2 is 1.89 bits per heavy atom. The molecule has 8 bridgehead atoms. The summed E-state index contributed by atoms with van der Waals surface area (Å²) in [6.45, 7) is 4.99. The lowest BCUT2D eigenvalue weighted by molar-refractivity contribution is 0.0330. The predicted molar refractivity (Wildman–Crippen MR) is 153 cm³/mol. The molecule has 1 unspecified atom stereocenters. The molecule has 38 heavy (non-hydrogen) atoms. The first-order valence-electron chi connectivity index (χ1n) is 13.9. The van der Waals surface area contributed by atoms with E-state index in [1.54, 1.807) is 0 Å². The third-order valence-corrected chi connectivity index (χ3v) is 8.64. The van der Waals surface area contributed by atoms with Crippen molar-refractivity contribution < 1.29 is 9.84 Å². The van der Waals surface area contributed by atoms with Gasteiger partial charge < -0.3 is 24.4 Å². The van der Waals surface area contributed by atoms with Crippen molar-refractivity contribution in [2.24, 2.45) is 5.92 Å². The number of hydrogen-bond donors (Lipinski definition) is 2. The number of aromatic nitrogens is 4. The van der Waals surface area contributed by atoms with Crippen molar-refractivity contribution in [3.63, 3.8) is 0 Å². The largest absolute Gasteiger partial charge is 0.395 e. The topological polar surface area (TPSA) is 91.6 Å². The molecule has 4 aliphatic rings. The van der Waals surface area contributed by atoms with Crippen molar-refractivity contribution in [1.82, 2.24) is 20.0 Å². The summed E-state index contributed by atoms with van der Waals surface area (Å²) >= 11 is 1.51. The van der Waals surface area contributed by atoms with E-state index in [-0.39, 0.29) is 6.61 Å². The summed E-state index contributed by atoms with van der Waals surface area (Å²) in [5.74, 6) is 2.35. The highest BCUT2D eigenvalue weighted by Gasteiger charge is 2.25. The number of piperidine rings is 2. The van der Waals surface area contributed by atoms with Gasteiger partial charge in [0, 0.05) is 56.0 Å². The molecule has 0 radical (unpaired) electrons. The van der Waals surface area contributed by atoms with Gasteiger partial charge in [-0.3, -0.25) is 0 Å². The lowest BCUT2D eigenvalue weighted by Gasteiger charge is -2.35. The zero-order chi connectivity index (χ0) is 25.7. The van der Waals surface area contributed by atoms with E-state index >= 15 is 0 Å². The summed E-state index contributed by atoms with van der Waals surface area (Å²) < 4.78 is 11.6. The van der Waals surface area contributed by atoms with E-state index in [4.69, 9.17) is 14.8 Å². The summed E-state index contributed by atoms with van der Waals surface area (Å²) in [6.07, 6.45) is 11.1. The van der Waals surface area contributed by atoms with E-state index in [1.807, 2.05) is 23.1 Å². The second-order valence-corrected chi connectivity index (χ2v) is 11.4. The van der Waals surface area contributed by atoms with Crippen molar-refractivity contribution in [2.45, 2.75) is 44.6 Å². The Bertz CT molecular complexity index is 1210. The number of benzene rings is 1. The number of ether oxygens (including phenoxy) is 1. The van der Waals surface area contributed by atoms with Gasteiger partial charge in [0.05, 0.1) is 30.3 Å². The fourth-order valence-corrected chi connectivity index (χ4v) is 6.36. The summed E-state index contributed by atoms with van der Waals surface area (Å²) in [7, 11) is 0. The average Bonchev–Trinajstić information content (AvgIpc) is 3.46. The first kappa shape index (κ1) is 25.5. The van der Waals surface area contributed by atoms with Crippen molar-refractivity contribution in [1.29, 1.82) is 0 Å². The monoisotopic (exact) mass is 535 g/mol. The van der Waals surface area contributed by atoms with Crippen molar-refractivity contribution in [2.75, 3.05) is 59.7 Å². The minimum Gasteiger partial charge on any atom is -0.395 e. The van der Waals surface area contributed by atoms with Crippen LogP contribution in [0.1, 0.15) is 38.5 Å². The maximum absolute atomic E-state index is 9.17. The van der Waals surface area contributed by atoms with Crippen LogP contribution in [0.4, 0.5) is 17.2 Å². The highest BCUT2D eigenvalue weighted by Crippen LogP contribution is 2.33. The fourth-order valence-electron chi connectivity index (χ4n) is 5.87. The molecular formula is C28H37N7O2S. The van der Waals surface area contributed by atoms with Crippen LogP contribution in [0.15, 0.2) is 42.7 Å². The molecular weight excluding hydrogens is 498 g/mol. The molecule has 2 fully saturated rings. The minimum atomic E-state index is 0.146. The van der Waals surface area contributed by atoms with Crippen LogP contribution in [0, 0.1) is 5.92 Å². The molecule has 10 heteroatoms. The lowest BCUT2D eigenvalue weighted by Crippen LogP contribution is -2.38. The standard InChI is InChI=1S/C28H37N7O2S/c36-14-16-38-31-23-5-6-26-27(18-23)33-12-8-24(9-13-33)37-15-2-4-21-3-1-11-34(19-21)28-17-22(7-10-29-28)25-20-35(26)32-30-25/h5-7,10,17-18,20-21,24,31,36H,1-4,8-9,11-16,19H2. The summed E-state index contributed by atoms with van der Waals surface area (Å²) in [6, 6.07) is 10.5. The van der Waals surface area contributed by atoms with Gasteiger partial charge in [-0.1, -0.05) is 17.2 Å². The molecule has 3 aromatic rings. The van der Waals surface area contributed by atoms with Gasteiger partial charge in [-0.2, -0.15) is 0 Å². The molecule has 2 N–H and O–H groups in total. The molecule has 0 spiro atoms. The van der Waals surface area contributed by atoms with Crippen molar-refractivity contribution in [3.8, 4) is 16.9 Å². The van der Waals surface area contributed by atoms with Crippen LogP contribution in [-0.4, -0.2) is 76.3 Å². The maximum Gasteiger partial charge on any atom is 0.129 e. The second-order valence-electron chi connectivity index (χ2n) is 10.5. The zero-order valence-electron chi connectivity index (χ0n) is 21.8. The number of pyridine rings is 1. The first-order valence-corrected chi connectivity index (χ1v) is 14.9. The fraction of sp³-hybridized carbons (Fsp3) is 0.536. The molecule has 6 heterocycles. The highest BCUT2D eigenvalue weighted by molar-refractivity contribution is 8.00. The Labute approximate surface area is 228 Å². The maximum atomic E-state index is 9.17. The SMILES string of the molecule is OCCSNc1ccc2c(c1)N1CCC(CC1)OCCCC1CCCN(C1)c1cc(ccn1)-c1cn-2nn1. The highest BCUT2D eigenvalue weighted by atomic mass is 32.2. The molecule has 1 aromatic carbocycles. The molecule has 2 aromatic heterocycles. The molecule has 4 aliphatic heterocycles. The van der Waals surface area contributed by atoms with Crippen LogP contribution < -0.4 is 14.5 Å². The lowest BCUT2D eigenvalue weighted by atomic mass is 9.93. The third kappa shape index (κ3) is 5.77. The van der Waals surface area contributed by atoms with Crippen LogP contribution in [0.3, 0.4) is 0 Å². The Morgan fingerprint density at radius 1 is 1.00 bits per heavy atom. The number of anilines is 3. The molecule has 202 valence electrons. The molecule has 9 nitrogen and oxygen atoms in total. The summed E-state index contributed by atoms with van der Waals surface area (Å²) in [5.41, 5.74) is 5.03. The summed E-state index contributed by atoms with van der Waals surface area (Å²) in [4.78, 5) is 9.59. The Morgan fingerprint density at radius 3 is 2.79 bits per heavy atom. The predicted octanol–water partition coefficient (Wildman–Crippen LogP) is 4.38. The van der Waals surface area contributed by atoms with E-state index < -0.39 is 0 Å². The summed E-state index contributed by atoms with van der Waals surface area (Å²) in [5, 5.41) is 18.3. The van der Waals surface area contributed by atoms with E-state index in [0.29, 0.717) is 17.8 Å². The molecule has 0 saturated carbocycles. The van der Waals surface area contributed by atoms with Crippen LogP contribution in [0.5, 0.6) is 0 Å². The molecule has 0 aliphatic carbocycles. The number of aliphatic hydroxyl groups excluding tert-OH is 1. The van der Waals surface area contributed by atoms with E-state index in [2.05, 4.69) is 49.1 Å². The van der Waals surface area contributed by atoms with E-state index in [9.17, 15) is 0 Å². The van der Waals surface area contributed by atoms with Crippen molar-refractivity contribution >= 4 is 29.1 Å². The Balaban J connectivity index is 1.34. The Kier molecular flexibility index (Phi) is 7.99. The van der Waals surface area contributed by atoms with Crippen LogP contribution in [0.25, 0.3) is 16.9 Å². The van der Waals surface area contributed by atoms with E-state index in [0.717, 1.165) is 86.2 Å². The molecule has 7 rings (SSSR count). The quantitative estimate of drug-likeness (QED) is 0.373. The van der Waals surface area contributed by atoms with E-state index in [1.165, 1.54) is 31.2 Å². The number of aliphatic hydroxyl groups is 1. The number of rotatable bonds is 4. The van der Waals surface area contributed by atoms with Gasteiger partial charge in [0.2, 0.25) is 0 Å². The van der Waals surface area contributed by atoms with Crippen LogP contribution in [0.2, 0.25) is 0 Å². The average molecular weight is 536 g/mol. The zero-order valence-corrected chi connectivity index (χ0v) is 22.7. The normalized spacial score (nSPS) is 21.8. The van der Waals surface area contributed by atoms with Gasteiger partial charge in [-0.15, -0.1) is 5.10 Å². The number of hydrogen-bond acceptors (Lipinski definition) is 9. The van der Waals surface area contributed by atoms with Crippen LogP contribution in [-0.2, 0) is 4.74 Å². The van der Waals surface area contributed by atoms with Gasteiger partial charge in [0.25, 0.3) is 0 Å². The molecule has 2 saturated heterocycles. The smallest absolute Gasteiger partial charge is 0.129 e. The van der Waals surface area contributed by atoms with Gasteiger partial charge in [-0.05, 0) is 74.8 Å². The third-order valence-electron chi connectivity index (χ3n) is 7.88. The van der Waals surface area contributed by atoms with Gasteiger partial charge in [-0.25, -0.2) is 9.67 Å². The minimum absolute atomic E-state index is 0.146. The number of nitrogens with zero attached hydrogens (tertiary/aromatic N) is 6. The number of fused-ring (bicyclic) bond motifs is 5. The van der Waals surface area contributed by atoms with Gasteiger partial charge in [0.15, 0.2) is 0 Å². The first-order chi connectivity index (χ1) is 18.8. The molecule has 0 amide bonds. The van der Waals surface area contributed by atoms with Crippen LogP contribution >= 0.6 is 11.9 Å². The Hall–Kier alpha value is -2.82. The molecule has 1 atom stereocenters. The van der Waals surface area contributed by atoms with Gasteiger partial charge in [0.1, 0.15) is 11.5 Å². The number of nitrogens with one attached hydrogen (secondary N) is 1. The van der Waals surface area contributed by atoms with Crippen molar-refractivity contribution in [3.05, 3.63) is 42.7 Å².